The van der Waals surface area contributed by atoms with E-state index >= 15 is 0 Å². The van der Waals surface area contributed by atoms with Crippen LogP contribution in [0.4, 0.5) is 11.4 Å². The number of benzene rings is 1. The standard InChI is InChI=1S/C7H8N2O2/c1-5-2-3-6(8)7(4-5)9(10)11/h2-4H,8H2,1H3/p+1. The van der Waals surface area contributed by atoms with Crippen LogP contribution in [-0.4, -0.2) is 4.92 Å². The SMILES string of the molecule is Cc1ccc([NH3+])c([N+](=O)[O-])c1. The third-order valence-electron chi connectivity index (χ3n) is 1.44. The highest BCUT2D eigenvalue weighted by atomic mass is 16.6. The lowest BCUT2D eigenvalue weighted by molar-refractivity contribution is -0.395. The maximum atomic E-state index is 10.3. The van der Waals surface area contributed by atoms with Gasteiger partial charge < -0.3 is 5.73 Å². The predicted octanol–water partition coefficient (Wildman–Crippen LogP) is 0.777. The highest BCUT2D eigenvalue weighted by Gasteiger charge is 2.12. The van der Waals surface area contributed by atoms with Crippen LogP contribution in [0.1, 0.15) is 5.56 Å². The molecule has 4 nitrogen and oxygen atoms in total. The fraction of sp³-hybridized carbons (Fsp3) is 0.143. The van der Waals surface area contributed by atoms with E-state index in [0.717, 1.165) is 5.56 Å². The van der Waals surface area contributed by atoms with Crippen LogP contribution in [0.3, 0.4) is 0 Å². The lowest BCUT2D eigenvalue weighted by atomic mass is 10.2. The van der Waals surface area contributed by atoms with Crippen molar-refractivity contribution in [2.45, 2.75) is 6.92 Å². The van der Waals surface area contributed by atoms with Crippen LogP contribution in [0.5, 0.6) is 0 Å². The minimum absolute atomic E-state index is 0.0880. The fourth-order valence-corrected chi connectivity index (χ4v) is 0.844. The number of rotatable bonds is 1. The summed E-state index contributed by atoms with van der Waals surface area (Å²) in [4.78, 5) is 9.92. The Balaban J connectivity index is 3.23. The summed E-state index contributed by atoms with van der Waals surface area (Å²) < 4.78 is 0. The van der Waals surface area contributed by atoms with Crippen LogP contribution >= 0.6 is 0 Å². The van der Waals surface area contributed by atoms with Gasteiger partial charge in [0.1, 0.15) is 0 Å². The lowest BCUT2D eigenvalue weighted by Gasteiger charge is -1.93. The van der Waals surface area contributed by atoms with Crippen LogP contribution in [0.15, 0.2) is 18.2 Å². The zero-order valence-electron chi connectivity index (χ0n) is 6.20. The van der Waals surface area contributed by atoms with E-state index in [9.17, 15) is 10.1 Å². The molecule has 1 aromatic rings. The van der Waals surface area contributed by atoms with E-state index in [2.05, 4.69) is 5.73 Å². The molecule has 0 aliphatic rings. The van der Waals surface area contributed by atoms with Crippen molar-refractivity contribution in [2.24, 2.45) is 0 Å². The van der Waals surface area contributed by atoms with Crippen LogP contribution in [0.25, 0.3) is 0 Å². The van der Waals surface area contributed by atoms with Crippen LogP contribution < -0.4 is 5.73 Å². The molecule has 0 amide bonds. The maximum Gasteiger partial charge on any atom is 0.329 e. The van der Waals surface area contributed by atoms with E-state index in [1.165, 1.54) is 6.07 Å². The number of nitro groups is 1. The number of hydrogen-bond acceptors (Lipinski definition) is 2. The first-order valence-electron chi connectivity index (χ1n) is 3.18. The molecule has 0 aliphatic carbocycles. The van der Waals surface area contributed by atoms with Gasteiger partial charge in [-0.1, -0.05) is 6.07 Å². The summed E-state index contributed by atoms with van der Waals surface area (Å²) in [6.45, 7) is 1.81. The first kappa shape index (κ1) is 7.68. The summed E-state index contributed by atoms with van der Waals surface area (Å²) >= 11 is 0. The molecule has 4 heteroatoms. The molecular formula is C7H9N2O2+. The van der Waals surface area contributed by atoms with Crippen LogP contribution in [0, 0.1) is 17.0 Å². The van der Waals surface area contributed by atoms with Crippen molar-refractivity contribution >= 4 is 11.4 Å². The van der Waals surface area contributed by atoms with E-state index in [1.54, 1.807) is 12.1 Å². The predicted molar refractivity (Wildman–Crippen MR) is 40.4 cm³/mol. The molecule has 0 saturated heterocycles. The van der Waals surface area contributed by atoms with Gasteiger partial charge in [-0.05, 0) is 12.5 Å². The Morgan fingerprint density at radius 2 is 2.18 bits per heavy atom. The molecule has 0 aliphatic heterocycles. The van der Waals surface area contributed by atoms with Gasteiger partial charge in [0.15, 0.2) is 0 Å². The van der Waals surface area contributed by atoms with Crippen LogP contribution in [-0.2, 0) is 0 Å². The van der Waals surface area contributed by atoms with Crippen molar-refractivity contribution < 1.29 is 10.7 Å². The van der Waals surface area contributed by atoms with E-state index in [4.69, 9.17) is 0 Å². The number of quaternary nitrogens is 1. The molecule has 11 heavy (non-hydrogen) atoms. The second-order valence-electron chi connectivity index (χ2n) is 2.39. The number of hydrogen-bond donors (Lipinski definition) is 1. The van der Waals surface area contributed by atoms with Crippen molar-refractivity contribution in [2.75, 3.05) is 0 Å². The van der Waals surface area contributed by atoms with E-state index in [1.807, 2.05) is 6.92 Å². The van der Waals surface area contributed by atoms with Crippen LogP contribution in [0.2, 0.25) is 0 Å². The Bertz CT molecular complexity index is 296. The smallest absolute Gasteiger partial charge is 0.319 e. The van der Waals surface area contributed by atoms with Crippen molar-refractivity contribution in [3.8, 4) is 0 Å². The van der Waals surface area contributed by atoms with Gasteiger partial charge in [-0.2, -0.15) is 0 Å². The monoisotopic (exact) mass is 153 g/mol. The zero-order valence-corrected chi connectivity index (χ0v) is 6.20. The van der Waals surface area contributed by atoms with Gasteiger partial charge >= 0.3 is 5.69 Å². The molecule has 58 valence electrons. The average molecular weight is 153 g/mol. The number of nitro benzene ring substituents is 1. The third kappa shape index (κ3) is 1.53. The van der Waals surface area contributed by atoms with Crippen molar-refractivity contribution in [3.05, 3.63) is 33.9 Å². The first-order chi connectivity index (χ1) is 5.11. The third-order valence-corrected chi connectivity index (χ3v) is 1.44. The summed E-state index contributed by atoms with van der Waals surface area (Å²) in [5.41, 5.74) is 4.97. The minimum atomic E-state index is -0.421. The van der Waals surface area contributed by atoms with Crippen molar-refractivity contribution in [1.29, 1.82) is 0 Å². The molecule has 1 aromatic carbocycles. The number of nitrogens with zero attached hydrogens (tertiary/aromatic N) is 1. The molecule has 0 spiro atoms. The van der Waals surface area contributed by atoms with E-state index in [-0.39, 0.29) is 5.69 Å². The number of aryl methyl sites for hydroxylation is 1. The van der Waals surface area contributed by atoms with Crippen molar-refractivity contribution in [3.63, 3.8) is 0 Å². The molecule has 0 heterocycles. The molecule has 0 saturated carbocycles. The Morgan fingerprint density at radius 3 is 2.64 bits per heavy atom. The maximum absolute atomic E-state index is 10.3. The van der Waals surface area contributed by atoms with Crippen molar-refractivity contribution in [1.82, 2.24) is 0 Å². The minimum Gasteiger partial charge on any atom is -0.319 e. The molecule has 3 N–H and O–H groups in total. The molecule has 0 atom stereocenters. The Labute approximate surface area is 63.8 Å². The molecule has 0 unspecified atom stereocenters. The Hall–Kier alpha value is -1.42. The average Bonchev–Trinajstić information content (AvgIpc) is 1.94. The second kappa shape index (κ2) is 2.67. The molecule has 0 bridgehead atoms. The van der Waals surface area contributed by atoms with Gasteiger partial charge in [-0.3, -0.25) is 10.1 Å². The van der Waals surface area contributed by atoms with Gasteiger partial charge in [0, 0.05) is 12.1 Å². The fourth-order valence-electron chi connectivity index (χ4n) is 0.844. The largest absolute Gasteiger partial charge is 0.329 e. The first-order valence-corrected chi connectivity index (χ1v) is 3.18. The molecular weight excluding hydrogens is 144 g/mol. The lowest BCUT2D eigenvalue weighted by Crippen LogP contribution is -2.40. The van der Waals surface area contributed by atoms with E-state index in [0.29, 0.717) is 5.69 Å². The van der Waals surface area contributed by atoms with Gasteiger partial charge in [-0.25, -0.2) is 0 Å². The quantitative estimate of drug-likeness (QED) is 0.478. The summed E-state index contributed by atoms with van der Waals surface area (Å²) in [6, 6.07) is 4.96. The van der Waals surface area contributed by atoms with Gasteiger partial charge in [0.05, 0.1) is 4.92 Å². The van der Waals surface area contributed by atoms with Gasteiger partial charge in [0.2, 0.25) is 5.69 Å². The summed E-state index contributed by atoms with van der Waals surface area (Å²) in [6.07, 6.45) is 0. The Morgan fingerprint density at radius 1 is 1.55 bits per heavy atom. The highest BCUT2D eigenvalue weighted by Crippen LogP contribution is 2.19. The topological polar surface area (TPSA) is 70.8 Å². The molecule has 0 fully saturated rings. The second-order valence-corrected chi connectivity index (χ2v) is 2.39. The van der Waals surface area contributed by atoms with Gasteiger partial charge in [0.25, 0.3) is 0 Å². The Kier molecular flexibility index (Phi) is 1.87. The molecule has 1 rings (SSSR count). The molecule has 0 radical (unpaired) electrons. The summed E-state index contributed by atoms with van der Waals surface area (Å²) in [7, 11) is 0. The molecule has 0 aromatic heterocycles. The zero-order chi connectivity index (χ0) is 8.43. The van der Waals surface area contributed by atoms with Gasteiger partial charge in [-0.15, -0.1) is 0 Å². The normalized spacial score (nSPS) is 9.64. The highest BCUT2D eigenvalue weighted by molar-refractivity contribution is 5.52. The van der Waals surface area contributed by atoms with E-state index < -0.39 is 4.92 Å². The summed E-state index contributed by atoms with van der Waals surface area (Å²) in [5.74, 6) is 0. The summed E-state index contributed by atoms with van der Waals surface area (Å²) in [5, 5.41) is 10.3.